The molecule has 0 aromatic heterocycles. The molecule has 0 saturated heterocycles. The predicted octanol–water partition coefficient (Wildman–Crippen LogP) is 3.95. The van der Waals surface area contributed by atoms with Crippen molar-refractivity contribution in [3.63, 3.8) is 0 Å². The molecular weight excluding hydrogens is 302 g/mol. The Hall–Kier alpha value is -0.510. The fourth-order valence-corrected chi connectivity index (χ4v) is 2.48. The van der Waals surface area contributed by atoms with Crippen LogP contribution >= 0.6 is 27.5 Å². The zero-order valence-corrected chi connectivity index (χ0v) is 12.4. The molecule has 17 heavy (non-hydrogen) atoms. The summed E-state index contributed by atoms with van der Waals surface area (Å²) in [6, 6.07) is 3.83. The molecule has 1 unspecified atom stereocenters. The maximum atomic E-state index is 6.15. The summed E-state index contributed by atoms with van der Waals surface area (Å²) in [7, 11) is 0. The lowest BCUT2D eigenvalue weighted by Gasteiger charge is -2.18. The molecule has 0 saturated carbocycles. The molecule has 0 aliphatic rings. The first-order chi connectivity index (χ1) is 8.04. The Bertz CT molecular complexity index is 372. The van der Waals surface area contributed by atoms with Crippen LogP contribution in [0.15, 0.2) is 29.3 Å². The molecule has 0 heterocycles. The number of aryl methyl sites for hydroxylation is 1. The highest BCUT2D eigenvalue weighted by Gasteiger charge is 2.10. The summed E-state index contributed by atoms with van der Waals surface area (Å²) in [5, 5.41) is 3.84. The van der Waals surface area contributed by atoms with E-state index in [-0.39, 0.29) is 6.10 Å². The van der Waals surface area contributed by atoms with Crippen molar-refractivity contribution >= 4 is 27.5 Å². The van der Waals surface area contributed by atoms with Crippen molar-refractivity contribution in [2.45, 2.75) is 20.0 Å². The van der Waals surface area contributed by atoms with E-state index in [2.05, 4.69) is 27.8 Å². The van der Waals surface area contributed by atoms with Crippen LogP contribution in [0.3, 0.4) is 0 Å². The number of hydrogen-bond acceptors (Lipinski definition) is 2. The van der Waals surface area contributed by atoms with Crippen molar-refractivity contribution in [1.82, 2.24) is 5.32 Å². The van der Waals surface area contributed by atoms with Crippen LogP contribution in [-0.4, -0.2) is 19.2 Å². The van der Waals surface area contributed by atoms with Gasteiger partial charge in [-0.05, 0) is 31.5 Å². The van der Waals surface area contributed by atoms with Crippen molar-refractivity contribution in [3.05, 3.63) is 39.8 Å². The second-order valence-corrected chi connectivity index (χ2v) is 5.23. The van der Waals surface area contributed by atoms with Gasteiger partial charge in [0.25, 0.3) is 0 Å². The molecule has 4 heteroatoms. The van der Waals surface area contributed by atoms with E-state index >= 15 is 0 Å². The lowest BCUT2D eigenvalue weighted by molar-refractivity contribution is 0.217. The SMILES string of the molecule is C=CCNCC(C)Oc1c(C)cc(Br)cc1Cl. The van der Waals surface area contributed by atoms with Crippen molar-refractivity contribution < 1.29 is 4.74 Å². The van der Waals surface area contributed by atoms with E-state index < -0.39 is 0 Å². The van der Waals surface area contributed by atoms with Gasteiger partial charge in [0.05, 0.1) is 5.02 Å². The number of rotatable bonds is 6. The first-order valence-electron chi connectivity index (χ1n) is 5.48. The third kappa shape index (κ3) is 4.70. The summed E-state index contributed by atoms with van der Waals surface area (Å²) in [5.41, 5.74) is 1.03. The molecule has 0 radical (unpaired) electrons. The summed E-state index contributed by atoms with van der Waals surface area (Å²) in [6.45, 7) is 9.18. The molecule has 1 N–H and O–H groups in total. The van der Waals surface area contributed by atoms with Gasteiger partial charge in [-0.25, -0.2) is 0 Å². The molecular formula is C13H17BrClNO. The molecule has 1 rings (SSSR count). The summed E-state index contributed by atoms with van der Waals surface area (Å²) >= 11 is 9.55. The average molecular weight is 319 g/mol. The molecule has 0 bridgehead atoms. The number of benzene rings is 1. The van der Waals surface area contributed by atoms with Crippen LogP contribution in [0, 0.1) is 6.92 Å². The number of nitrogens with one attached hydrogen (secondary N) is 1. The Balaban J connectivity index is 2.64. The summed E-state index contributed by atoms with van der Waals surface area (Å²) in [6.07, 6.45) is 1.89. The van der Waals surface area contributed by atoms with E-state index in [1.165, 1.54) is 0 Å². The minimum atomic E-state index is 0.0623. The molecule has 0 spiro atoms. The Morgan fingerprint density at radius 2 is 2.29 bits per heavy atom. The molecule has 0 aliphatic carbocycles. The normalized spacial score (nSPS) is 12.2. The Labute approximate surface area is 116 Å². The highest BCUT2D eigenvalue weighted by atomic mass is 79.9. The van der Waals surface area contributed by atoms with Crippen LogP contribution in [0.4, 0.5) is 0 Å². The maximum absolute atomic E-state index is 6.15. The van der Waals surface area contributed by atoms with Gasteiger partial charge in [-0.15, -0.1) is 6.58 Å². The lowest BCUT2D eigenvalue weighted by atomic mass is 10.2. The third-order valence-corrected chi connectivity index (χ3v) is 2.97. The van der Waals surface area contributed by atoms with Crippen LogP contribution < -0.4 is 10.1 Å². The predicted molar refractivity (Wildman–Crippen MR) is 77.0 cm³/mol. The molecule has 1 atom stereocenters. The first kappa shape index (κ1) is 14.6. The average Bonchev–Trinajstić information content (AvgIpc) is 2.24. The molecule has 0 fully saturated rings. The van der Waals surface area contributed by atoms with Crippen LogP contribution in [0.1, 0.15) is 12.5 Å². The molecule has 2 nitrogen and oxygen atoms in total. The van der Waals surface area contributed by atoms with Gasteiger partial charge < -0.3 is 10.1 Å². The second-order valence-electron chi connectivity index (χ2n) is 3.91. The quantitative estimate of drug-likeness (QED) is 0.633. The monoisotopic (exact) mass is 317 g/mol. The largest absolute Gasteiger partial charge is 0.488 e. The van der Waals surface area contributed by atoms with E-state index in [1.807, 2.05) is 32.1 Å². The Kier molecular flexibility index (Phi) is 6.03. The van der Waals surface area contributed by atoms with E-state index in [0.717, 1.165) is 28.9 Å². The van der Waals surface area contributed by atoms with Gasteiger partial charge >= 0.3 is 0 Å². The molecule has 0 amide bonds. The van der Waals surface area contributed by atoms with Crippen LogP contribution in [0.5, 0.6) is 5.75 Å². The highest BCUT2D eigenvalue weighted by Crippen LogP contribution is 2.32. The van der Waals surface area contributed by atoms with Crippen molar-refractivity contribution in [2.24, 2.45) is 0 Å². The van der Waals surface area contributed by atoms with Gasteiger partial charge in [-0.2, -0.15) is 0 Å². The zero-order chi connectivity index (χ0) is 12.8. The van der Waals surface area contributed by atoms with Gasteiger partial charge in [0, 0.05) is 17.6 Å². The standard InChI is InChI=1S/C13H17BrClNO/c1-4-5-16-8-10(3)17-13-9(2)6-11(14)7-12(13)15/h4,6-7,10,16H,1,5,8H2,2-3H3. The topological polar surface area (TPSA) is 21.3 Å². The summed E-state index contributed by atoms with van der Waals surface area (Å²) in [4.78, 5) is 0. The molecule has 0 aliphatic heterocycles. The number of ether oxygens (including phenoxy) is 1. The second kappa shape index (κ2) is 7.04. The van der Waals surface area contributed by atoms with Gasteiger partial charge in [0.15, 0.2) is 0 Å². The minimum Gasteiger partial charge on any atom is -0.488 e. The van der Waals surface area contributed by atoms with E-state index in [4.69, 9.17) is 16.3 Å². The van der Waals surface area contributed by atoms with Gasteiger partial charge in [0.1, 0.15) is 11.9 Å². The van der Waals surface area contributed by atoms with Crippen LogP contribution in [0.25, 0.3) is 0 Å². The summed E-state index contributed by atoms with van der Waals surface area (Å²) < 4.78 is 6.79. The van der Waals surface area contributed by atoms with Gasteiger partial charge in [-0.3, -0.25) is 0 Å². The number of halogens is 2. The van der Waals surface area contributed by atoms with Crippen molar-refractivity contribution in [1.29, 1.82) is 0 Å². The van der Waals surface area contributed by atoms with Crippen molar-refractivity contribution in [3.8, 4) is 5.75 Å². The van der Waals surface area contributed by atoms with E-state index in [1.54, 1.807) is 0 Å². The van der Waals surface area contributed by atoms with Crippen LogP contribution in [-0.2, 0) is 0 Å². The third-order valence-electron chi connectivity index (χ3n) is 2.23. The minimum absolute atomic E-state index is 0.0623. The molecule has 94 valence electrons. The Morgan fingerprint density at radius 3 is 2.88 bits per heavy atom. The van der Waals surface area contributed by atoms with Gasteiger partial charge in [0.2, 0.25) is 0 Å². The lowest BCUT2D eigenvalue weighted by Crippen LogP contribution is -2.29. The fraction of sp³-hybridized carbons (Fsp3) is 0.385. The Morgan fingerprint density at radius 1 is 1.59 bits per heavy atom. The maximum Gasteiger partial charge on any atom is 0.141 e. The molecule has 1 aromatic rings. The fourth-order valence-electron chi connectivity index (χ4n) is 1.47. The van der Waals surface area contributed by atoms with Crippen LogP contribution in [0.2, 0.25) is 5.02 Å². The van der Waals surface area contributed by atoms with Crippen molar-refractivity contribution in [2.75, 3.05) is 13.1 Å². The van der Waals surface area contributed by atoms with E-state index in [9.17, 15) is 0 Å². The summed E-state index contributed by atoms with van der Waals surface area (Å²) in [5.74, 6) is 0.753. The molecule has 1 aromatic carbocycles. The van der Waals surface area contributed by atoms with Gasteiger partial charge in [-0.1, -0.05) is 33.6 Å². The highest BCUT2D eigenvalue weighted by molar-refractivity contribution is 9.10. The first-order valence-corrected chi connectivity index (χ1v) is 6.65. The zero-order valence-electron chi connectivity index (χ0n) is 10.1. The number of hydrogen-bond donors (Lipinski definition) is 1. The van der Waals surface area contributed by atoms with E-state index in [0.29, 0.717) is 5.02 Å². The smallest absolute Gasteiger partial charge is 0.141 e.